The van der Waals surface area contributed by atoms with Crippen LogP contribution in [0.3, 0.4) is 0 Å². The fourth-order valence-electron chi connectivity index (χ4n) is 10.9. The number of amides is 1. The van der Waals surface area contributed by atoms with Gasteiger partial charge in [-0.1, -0.05) is 19.4 Å². The van der Waals surface area contributed by atoms with Crippen molar-refractivity contribution in [2.75, 3.05) is 6.61 Å². The van der Waals surface area contributed by atoms with Gasteiger partial charge in [-0.05, 0) is 55.4 Å². The zero-order valence-corrected chi connectivity index (χ0v) is 33.1. The van der Waals surface area contributed by atoms with Crippen LogP contribution in [0.25, 0.3) is 0 Å². The number of nitrogens with two attached hydrogens (primary N) is 2. The Morgan fingerprint density at radius 3 is 2.36 bits per heavy atom. The smallest absolute Gasteiger partial charge is 0.334 e. The first-order chi connectivity index (χ1) is 27.4. The van der Waals surface area contributed by atoms with Gasteiger partial charge in [-0.15, -0.1) is 0 Å². The minimum absolute atomic E-state index is 0.0256. The van der Waals surface area contributed by atoms with Crippen molar-refractivity contribution in [2.45, 2.75) is 139 Å². The zero-order chi connectivity index (χ0) is 43.6. The van der Waals surface area contributed by atoms with Crippen LogP contribution in [0.2, 0.25) is 0 Å². The largest absolute Gasteiger partial charge is 0.481 e. The molecule has 0 bridgehead atoms. The standard InChI is InChI=1S/C36H52N4O18S/c1-34-6-5-16(42)7-14(34)3-4-17-18-10-22(45)36(23(46)13-41,35(18,2)12-21(44)26(17)34)58-33-27(39-24(47)8-15(37)9-25(48)49)29(31(52)57-33)56-32-20(43)11-19(40-59(38,53)54)28(55-32)30(50)51/h7,15,17-20,22,26-29,31-33,40-41,43,45,52H,3-6,8-13,37H2,1-2H3,(H,39,47)(H,48,49)(H,50,51)(H2,38,53,54)/t15-,17-,18-,19-,20?,22+,26+,27-,28?,29+,31+,32+,33-,34-,35-,36-/m0/s1. The number of nitrogens with one attached hydrogen (secondary N) is 2. The number of carbonyl (C=O) groups excluding carboxylic acids is 4. The number of carbonyl (C=O) groups is 6. The molecule has 0 spiro atoms. The summed E-state index contributed by atoms with van der Waals surface area (Å²) in [6.07, 6.45) is -12.4. The van der Waals surface area contributed by atoms with Crippen molar-refractivity contribution >= 4 is 45.4 Å². The molecule has 2 unspecified atom stereocenters. The highest BCUT2D eigenvalue weighted by molar-refractivity contribution is 7.87. The predicted octanol–water partition coefficient (Wildman–Crippen LogP) is -3.56. The number of aliphatic carboxylic acids is 2. The van der Waals surface area contributed by atoms with Gasteiger partial charge >= 0.3 is 11.9 Å². The number of carboxylic acids is 2. The van der Waals surface area contributed by atoms with Gasteiger partial charge in [0, 0.05) is 36.6 Å². The van der Waals surface area contributed by atoms with Crippen LogP contribution in [-0.4, -0.2) is 148 Å². The molecule has 2 aliphatic heterocycles. The van der Waals surface area contributed by atoms with Gasteiger partial charge in [0.25, 0.3) is 10.2 Å². The highest BCUT2D eigenvalue weighted by Crippen LogP contribution is 2.67. The van der Waals surface area contributed by atoms with E-state index in [1.807, 2.05) is 11.6 Å². The van der Waals surface area contributed by atoms with Gasteiger partial charge in [-0.3, -0.25) is 24.0 Å². The summed E-state index contributed by atoms with van der Waals surface area (Å²) in [5.74, 6) is -6.80. The molecule has 330 valence electrons. The summed E-state index contributed by atoms with van der Waals surface area (Å²) in [7, 11) is -4.49. The van der Waals surface area contributed by atoms with Crippen LogP contribution >= 0.6 is 0 Å². The first-order valence-corrected chi connectivity index (χ1v) is 20.9. The van der Waals surface area contributed by atoms with Crippen molar-refractivity contribution in [1.29, 1.82) is 0 Å². The number of hydrogen-bond donors (Lipinski definition) is 10. The van der Waals surface area contributed by atoms with Crippen LogP contribution in [0.15, 0.2) is 11.6 Å². The SMILES string of the molecule is C[C@]12CCC(=O)C=C1CC[C@@H]1[C@@H]2C(=O)C[C@@]2(C)[C@H]1C[C@@H](O)[C@]2(O[C@@H]1O[C@@H](O)[C@H](O[C@H]2OC(C(=O)O)[C@@H](NS(N)(=O)=O)CC2O)[C@@H]1NC(=O)C[C@H](N)CC(=O)O)C(=O)CO. The molecule has 12 N–H and O–H groups in total. The molecule has 0 aromatic rings. The molecule has 0 radical (unpaired) electrons. The molecule has 6 rings (SSSR count). The number of hydrogen-bond acceptors (Lipinski definition) is 17. The number of fused-ring (bicyclic) bond motifs is 5. The summed E-state index contributed by atoms with van der Waals surface area (Å²) in [6, 6.07) is -4.55. The van der Waals surface area contributed by atoms with Crippen LogP contribution in [0.5, 0.6) is 0 Å². The molecule has 23 heteroatoms. The highest BCUT2D eigenvalue weighted by atomic mass is 32.2. The van der Waals surface area contributed by atoms with Crippen LogP contribution in [0, 0.1) is 28.6 Å². The van der Waals surface area contributed by atoms with E-state index in [2.05, 4.69) is 5.32 Å². The monoisotopic (exact) mass is 860 g/mol. The Labute approximate surface area is 338 Å². The fraction of sp³-hybridized carbons (Fsp3) is 0.778. The maximum atomic E-state index is 14.4. The van der Waals surface area contributed by atoms with Crippen molar-refractivity contribution in [3.05, 3.63) is 11.6 Å². The van der Waals surface area contributed by atoms with Gasteiger partial charge in [-0.25, -0.2) is 9.93 Å². The molecule has 4 aliphatic carbocycles. The normalized spacial score (nSPS) is 42.5. The summed E-state index contributed by atoms with van der Waals surface area (Å²) in [5.41, 5.74) is 2.13. The summed E-state index contributed by atoms with van der Waals surface area (Å²) >= 11 is 0. The average molecular weight is 861 g/mol. The summed E-state index contributed by atoms with van der Waals surface area (Å²) in [4.78, 5) is 77.7. The van der Waals surface area contributed by atoms with E-state index in [0.717, 1.165) is 5.57 Å². The molecule has 0 aromatic heterocycles. The fourth-order valence-corrected chi connectivity index (χ4v) is 11.6. The van der Waals surface area contributed by atoms with E-state index in [4.69, 9.17) is 29.8 Å². The molecule has 22 nitrogen and oxygen atoms in total. The lowest BCUT2D eigenvalue weighted by atomic mass is 9.45. The summed E-state index contributed by atoms with van der Waals surface area (Å²) in [5, 5.41) is 71.1. The van der Waals surface area contributed by atoms with Gasteiger partial charge in [0.1, 0.15) is 30.6 Å². The second-order valence-corrected chi connectivity index (χ2v) is 18.4. The first kappa shape index (κ1) is 45.2. The minimum atomic E-state index is -4.49. The van der Waals surface area contributed by atoms with Crippen molar-refractivity contribution in [3.63, 3.8) is 0 Å². The van der Waals surface area contributed by atoms with E-state index >= 15 is 0 Å². The Balaban J connectivity index is 1.34. The number of ether oxygens (including phenoxy) is 4. The number of rotatable bonds is 14. The lowest BCUT2D eigenvalue weighted by Crippen LogP contribution is -2.66. The lowest BCUT2D eigenvalue weighted by Gasteiger charge is -2.58. The quantitative estimate of drug-likeness (QED) is 0.0808. The number of aliphatic hydroxyl groups excluding tert-OH is 4. The van der Waals surface area contributed by atoms with E-state index in [1.165, 1.54) is 0 Å². The Kier molecular flexibility index (Phi) is 12.6. The number of allylic oxidation sites excluding steroid dienone is 1. The van der Waals surface area contributed by atoms with E-state index in [-0.39, 0.29) is 36.7 Å². The molecule has 6 aliphatic rings. The molecule has 16 atom stereocenters. The van der Waals surface area contributed by atoms with E-state index < -0.39 is 149 Å². The maximum absolute atomic E-state index is 14.4. The van der Waals surface area contributed by atoms with Crippen molar-refractivity contribution in [3.8, 4) is 0 Å². The molecule has 2 saturated heterocycles. The van der Waals surface area contributed by atoms with Crippen LogP contribution in [-0.2, 0) is 57.9 Å². The Bertz CT molecular complexity index is 1880. The van der Waals surface area contributed by atoms with E-state index in [0.29, 0.717) is 19.3 Å². The Hall–Kier alpha value is -3.33. The van der Waals surface area contributed by atoms with Gasteiger partial charge in [-0.2, -0.15) is 13.1 Å². The summed E-state index contributed by atoms with van der Waals surface area (Å²) in [6.45, 7) is 2.34. The molecular formula is C36H52N4O18S. The molecule has 5 fully saturated rings. The minimum Gasteiger partial charge on any atom is -0.481 e. The van der Waals surface area contributed by atoms with Gasteiger partial charge in [0.2, 0.25) is 5.91 Å². The first-order valence-electron chi connectivity index (χ1n) is 19.3. The van der Waals surface area contributed by atoms with Crippen molar-refractivity contribution in [2.24, 2.45) is 39.5 Å². The maximum Gasteiger partial charge on any atom is 0.334 e. The molecule has 3 saturated carbocycles. The molecule has 59 heavy (non-hydrogen) atoms. The lowest BCUT2D eigenvalue weighted by molar-refractivity contribution is -0.287. The molecule has 2 heterocycles. The third-order valence-corrected chi connectivity index (χ3v) is 14.1. The Morgan fingerprint density at radius 1 is 1.03 bits per heavy atom. The van der Waals surface area contributed by atoms with E-state index in [1.54, 1.807) is 13.0 Å². The second kappa shape index (κ2) is 16.5. The van der Waals surface area contributed by atoms with E-state index in [9.17, 15) is 67.8 Å². The number of Topliss-reactive ketones (excluding diaryl/α,β-unsaturated/α-hetero) is 2. The zero-order valence-electron chi connectivity index (χ0n) is 32.3. The summed E-state index contributed by atoms with van der Waals surface area (Å²) < 4.78 is 48.7. The second-order valence-electron chi connectivity index (χ2n) is 17.1. The molecular weight excluding hydrogens is 808 g/mol. The van der Waals surface area contributed by atoms with Gasteiger partial charge < -0.3 is 60.6 Å². The Morgan fingerprint density at radius 2 is 1.73 bits per heavy atom. The average Bonchev–Trinajstić information content (AvgIpc) is 3.52. The number of aliphatic hydroxyl groups is 4. The van der Waals surface area contributed by atoms with Gasteiger partial charge in [0.15, 0.2) is 42.1 Å². The third kappa shape index (κ3) is 8.24. The predicted molar refractivity (Wildman–Crippen MR) is 194 cm³/mol. The van der Waals surface area contributed by atoms with Crippen molar-refractivity contribution in [1.82, 2.24) is 10.0 Å². The molecule has 0 aromatic carbocycles. The number of carboxylic acid groups (broad SMARTS) is 2. The topological polar surface area (TPSA) is 371 Å². The third-order valence-electron chi connectivity index (χ3n) is 13.4. The molecule has 1 amide bonds. The highest BCUT2D eigenvalue weighted by Gasteiger charge is 2.74. The van der Waals surface area contributed by atoms with Gasteiger partial charge in [0.05, 0.1) is 18.6 Å². The van der Waals surface area contributed by atoms with Crippen LogP contribution < -0.4 is 20.9 Å². The van der Waals surface area contributed by atoms with Crippen LogP contribution in [0.1, 0.15) is 71.6 Å². The van der Waals surface area contributed by atoms with Crippen LogP contribution in [0.4, 0.5) is 0 Å². The number of ketones is 3. The van der Waals surface area contributed by atoms with Crippen molar-refractivity contribution < 1.29 is 86.8 Å².